The van der Waals surface area contributed by atoms with Crippen molar-refractivity contribution in [2.24, 2.45) is 0 Å². The molecule has 1 atom stereocenters. The van der Waals surface area contributed by atoms with Crippen LogP contribution in [0.15, 0.2) is 12.2 Å². The molecule has 0 spiro atoms. The second-order valence-electron chi connectivity index (χ2n) is 9.04. The Morgan fingerprint density at radius 3 is 1.24 bits per heavy atom. The Balaban J connectivity index is 3.76. The van der Waals surface area contributed by atoms with Crippen LogP contribution in [0.5, 0.6) is 0 Å². The summed E-state index contributed by atoms with van der Waals surface area (Å²) >= 11 is 0. The van der Waals surface area contributed by atoms with Crippen LogP contribution in [0, 0.1) is 0 Å². The van der Waals surface area contributed by atoms with Crippen LogP contribution in [-0.2, 0) is 9.53 Å². The Morgan fingerprint density at radius 1 is 0.621 bits per heavy atom. The molecular weight excluding hydrogens is 356 g/mol. The molecule has 0 aliphatic heterocycles. The van der Waals surface area contributed by atoms with Gasteiger partial charge < -0.3 is 4.74 Å². The zero-order chi connectivity index (χ0) is 21.6. The van der Waals surface area contributed by atoms with E-state index in [1.165, 1.54) is 116 Å². The molecule has 2 heteroatoms. The molecule has 0 fully saturated rings. The molecule has 0 saturated carbocycles. The van der Waals surface area contributed by atoms with Gasteiger partial charge in [0.2, 0.25) is 0 Å². The average molecular weight is 409 g/mol. The van der Waals surface area contributed by atoms with Gasteiger partial charge in [-0.15, -0.1) is 0 Å². The van der Waals surface area contributed by atoms with Crippen molar-refractivity contribution in [2.75, 3.05) is 0 Å². The molecule has 0 amide bonds. The third kappa shape index (κ3) is 20.3. The first kappa shape index (κ1) is 28.2. The maximum atomic E-state index is 11.9. The average Bonchev–Trinajstić information content (AvgIpc) is 2.70. The summed E-state index contributed by atoms with van der Waals surface area (Å²) in [7, 11) is 0. The van der Waals surface area contributed by atoms with Crippen molar-refractivity contribution in [3.8, 4) is 0 Å². The second kappa shape index (κ2) is 21.9. The quantitative estimate of drug-likeness (QED) is 0.101. The lowest BCUT2D eigenvalue weighted by Crippen LogP contribution is -2.18. The number of unbranched alkanes of at least 4 members (excludes halogenated alkanes) is 16. The van der Waals surface area contributed by atoms with Gasteiger partial charge in [0.1, 0.15) is 6.10 Å². The third-order valence-corrected chi connectivity index (χ3v) is 5.88. The minimum absolute atomic E-state index is 0.0912. The second-order valence-corrected chi connectivity index (χ2v) is 9.04. The summed E-state index contributed by atoms with van der Waals surface area (Å²) in [4.78, 5) is 11.9. The molecule has 0 rings (SSSR count). The zero-order valence-corrected chi connectivity index (χ0v) is 20.2. The number of esters is 1. The summed E-state index contributed by atoms with van der Waals surface area (Å²) in [5.41, 5.74) is 0.521. The predicted octanol–water partition coefficient (Wildman–Crippen LogP) is 9.32. The van der Waals surface area contributed by atoms with Gasteiger partial charge in [0.15, 0.2) is 0 Å². The van der Waals surface area contributed by atoms with E-state index in [2.05, 4.69) is 20.4 Å². The van der Waals surface area contributed by atoms with Crippen LogP contribution in [0.25, 0.3) is 0 Å². The lowest BCUT2D eigenvalue weighted by atomic mass is 10.0. The Bertz CT molecular complexity index is 375. The van der Waals surface area contributed by atoms with E-state index >= 15 is 0 Å². The standard InChI is InChI=1S/C27H52O2/c1-5-7-9-11-13-14-15-16-17-18-20-22-24-26(29-27(28)25(3)4)23-21-19-12-10-8-6-2/h26H,3,5-24H2,1-2,4H3. The van der Waals surface area contributed by atoms with Gasteiger partial charge in [0.25, 0.3) is 0 Å². The van der Waals surface area contributed by atoms with Crippen LogP contribution in [-0.4, -0.2) is 12.1 Å². The largest absolute Gasteiger partial charge is 0.459 e. The van der Waals surface area contributed by atoms with E-state index in [9.17, 15) is 4.79 Å². The van der Waals surface area contributed by atoms with Crippen molar-refractivity contribution in [1.82, 2.24) is 0 Å². The predicted molar refractivity (Wildman–Crippen MR) is 128 cm³/mol. The lowest BCUT2D eigenvalue weighted by molar-refractivity contribution is -0.145. The summed E-state index contributed by atoms with van der Waals surface area (Å²) in [5, 5.41) is 0. The van der Waals surface area contributed by atoms with Crippen molar-refractivity contribution in [2.45, 2.75) is 155 Å². The van der Waals surface area contributed by atoms with Crippen LogP contribution >= 0.6 is 0 Å². The van der Waals surface area contributed by atoms with E-state index in [1.54, 1.807) is 6.92 Å². The van der Waals surface area contributed by atoms with Gasteiger partial charge in [-0.25, -0.2) is 4.79 Å². The summed E-state index contributed by atoms with van der Waals surface area (Å²) < 4.78 is 5.70. The zero-order valence-electron chi connectivity index (χ0n) is 20.2. The first-order valence-corrected chi connectivity index (χ1v) is 13.0. The van der Waals surface area contributed by atoms with Crippen molar-refractivity contribution in [1.29, 1.82) is 0 Å². The van der Waals surface area contributed by atoms with Gasteiger partial charge in [0, 0.05) is 5.57 Å². The molecular formula is C27H52O2. The molecule has 2 nitrogen and oxygen atoms in total. The molecule has 0 heterocycles. The lowest BCUT2D eigenvalue weighted by Gasteiger charge is -2.18. The fourth-order valence-electron chi connectivity index (χ4n) is 3.88. The summed E-state index contributed by atoms with van der Waals surface area (Å²) in [6.07, 6.45) is 26.2. The number of ether oxygens (including phenoxy) is 1. The Kier molecular flexibility index (Phi) is 21.3. The van der Waals surface area contributed by atoms with Crippen LogP contribution in [0.2, 0.25) is 0 Å². The number of hydrogen-bond donors (Lipinski definition) is 0. The number of carbonyl (C=O) groups excluding carboxylic acids is 1. The Labute approximate surface area is 183 Å². The Morgan fingerprint density at radius 2 is 0.931 bits per heavy atom. The minimum atomic E-state index is -0.208. The molecule has 0 radical (unpaired) electrons. The fourth-order valence-corrected chi connectivity index (χ4v) is 3.88. The van der Waals surface area contributed by atoms with Gasteiger partial charge in [-0.05, 0) is 32.6 Å². The first-order chi connectivity index (χ1) is 14.1. The number of hydrogen-bond acceptors (Lipinski definition) is 2. The first-order valence-electron chi connectivity index (χ1n) is 13.0. The monoisotopic (exact) mass is 408 g/mol. The summed E-state index contributed by atoms with van der Waals surface area (Å²) in [6, 6.07) is 0. The van der Waals surface area contributed by atoms with Crippen LogP contribution < -0.4 is 0 Å². The molecule has 0 N–H and O–H groups in total. The highest BCUT2D eigenvalue weighted by atomic mass is 16.5. The molecule has 0 saturated heterocycles. The van der Waals surface area contributed by atoms with E-state index in [0.29, 0.717) is 5.57 Å². The van der Waals surface area contributed by atoms with Crippen molar-refractivity contribution < 1.29 is 9.53 Å². The van der Waals surface area contributed by atoms with Crippen LogP contribution in [0.4, 0.5) is 0 Å². The maximum Gasteiger partial charge on any atom is 0.333 e. The van der Waals surface area contributed by atoms with Crippen molar-refractivity contribution >= 4 is 5.97 Å². The fraction of sp³-hybridized carbons (Fsp3) is 0.889. The SMILES string of the molecule is C=C(C)C(=O)OC(CCCCCCCC)CCCCCCCCCCCCCC. The maximum absolute atomic E-state index is 11.9. The highest BCUT2D eigenvalue weighted by Gasteiger charge is 2.14. The Hall–Kier alpha value is -0.790. The highest BCUT2D eigenvalue weighted by molar-refractivity contribution is 5.87. The minimum Gasteiger partial charge on any atom is -0.459 e. The molecule has 1 unspecified atom stereocenters. The molecule has 29 heavy (non-hydrogen) atoms. The van der Waals surface area contributed by atoms with E-state index in [4.69, 9.17) is 4.74 Å². The third-order valence-electron chi connectivity index (χ3n) is 5.88. The van der Waals surface area contributed by atoms with Crippen molar-refractivity contribution in [3.05, 3.63) is 12.2 Å². The van der Waals surface area contributed by atoms with Crippen LogP contribution in [0.3, 0.4) is 0 Å². The molecule has 0 aromatic carbocycles. The van der Waals surface area contributed by atoms with Gasteiger partial charge in [0.05, 0.1) is 0 Å². The topological polar surface area (TPSA) is 26.3 Å². The van der Waals surface area contributed by atoms with Gasteiger partial charge in [-0.1, -0.05) is 123 Å². The van der Waals surface area contributed by atoms with Gasteiger partial charge in [-0.3, -0.25) is 0 Å². The van der Waals surface area contributed by atoms with Crippen LogP contribution in [0.1, 0.15) is 149 Å². The highest BCUT2D eigenvalue weighted by Crippen LogP contribution is 2.18. The summed E-state index contributed by atoms with van der Waals surface area (Å²) in [5.74, 6) is -0.208. The van der Waals surface area contributed by atoms with Crippen molar-refractivity contribution in [3.63, 3.8) is 0 Å². The van der Waals surface area contributed by atoms with E-state index in [1.807, 2.05) is 0 Å². The van der Waals surface area contributed by atoms with E-state index in [-0.39, 0.29) is 12.1 Å². The molecule has 0 aliphatic carbocycles. The molecule has 172 valence electrons. The normalized spacial score (nSPS) is 12.1. The van der Waals surface area contributed by atoms with Gasteiger partial charge >= 0.3 is 5.97 Å². The van der Waals surface area contributed by atoms with Gasteiger partial charge in [-0.2, -0.15) is 0 Å². The van der Waals surface area contributed by atoms with E-state index in [0.717, 1.165) is 12.8 Å². The smallest absolute Gasteiger partial charge is 0.333 e. The van der Waals surface area contributed by atoms with E-state index < -0.39 is 0 Å². The molecule has 0 aromatic rings. The molecule has 0 bridgehead atoms. The number of rotatable bonds is 22. The summed E-state index contributed by atoms with van der Waals surface area (Å²) in [6.45, 7) is 10.0. The molecule has 0 aromatic heterocycles. The number of carbonyl (C=O) groups is 1. The molecule has 0 aliphatic rings.